The molecule has 0 aliphatic rings. The molecule has 0 spiro atoms. The van der Waals surface area contributed by atoms with Crippen LogP contribution in [0.25, 0.3) is 0 Å². The first-order valence-corrected chi connectivity index (χ1v) is 33.0. The predicted octanol–water partition coefficient (Wildman–Crippen LogP) is 22.4. The van der Waals surface area contributed by atoms with E-state index in [9.17, 15) is 14.4 Å². The van der Waals surface area contributed by atoms with Gasteiger partial charge in [-0.1, -0.05) is 301 Å². The molecule has 0 radical (unpaired) electrons. The number of carbonyl (C=O) groups excluding carboxylic acids is 3. The van der Waals surface area contributed by atoms with Crippen molar-refractivity contribution >= 4 is 17.9 Å². The predicted molar refractivity (Wildman–Crippen MR) is 321 cm³/mol. The number of carbonyl (C=O) groups is 3. The van der Waals surface area contributed by atoms with E-state index in [2.05, 4.69) is 57.2 Å². The van der Waals surface area contributed by atoms with E-state index in [0.717, 1.165) is 83.5 Å². The van der Waals surface area contributed by atoms with Crippen LogP contribution in [0.4, 0.5) is 0 Å². The number of esters is 3. The molecule has 1 atom stereocenters. The minimum absolute atomic E-state index is 0.0759. The number of ether oxygens (including phenoxy) is 3. The van der Waals surface area contributed by atoms with Gasteiger partial charge in [0.05, 0.1) is 0 Å². The van der Waals surface area contributed by atoms with E-state index in [4.69, 9.17) is 14.2 Å². The van der Waals surface area contributed by atoms with Gasteiger partial charge in [0.15, 0.2) is 6.10 Å². The van der Waals surface area contributed by atoms with Gasteiger partial charge in [-0.2, -0.15) is 0 Å². The van der Waals surface area contributed by atoms with Gasteiger partial charge in [-0.3, -0.25) is 14.4 Å². The minimum atomic E-state index is -0.781. The first-order valence-electron chi connectivity index (χ1n) is 33.0. The Hall–Kier alpha value is -2.37. The molecule has 0 aromatic carbocycles. The number of allylic oxidation sites excluding steroid dienone is 6. The van der Waals surface area contributed by atoms with Crippen LogP contribution in [0.5, 0.6) is 0 Å². The van der Waals surface area contributed by atoms with E-state index in [-0.39, 0.29) is 31.1 Å². The van der Waals surface area contributed by atoms with E-state index >= 15 is 0 Å². The van der Waals surface area contributed by atoms with Gasteiger partial charge in [0.1, 0.15) is 13.2 Å². The molecule has 0 aromatic heterocycles. The summed E-state index contributed by atoms with van der Waals surface area (Å²) in [5, 5.41) is 0. The lowest BCUT2D eigenvalue weighted by atomic mass is 10.0. The second kappa shape index (κ2) is 63.2. The molecular formula is C68H126O6. The van der Waals surface area contributed by atoms with Crippen LogP contribution < -0.4 is 0 Å². The molecule has 0 heterocycles. The van der Waals surface area contributed by atoms with Gasteiger partial charge >= 0.3 is 17.9 Å². The molecule has 0 saturated heterocycles. The molecule has 0 aliphatic heterocycles. The second-order valence-corrected chi connectivity index (χ2v) is 22.4. The molecule has 0 aromatic rings. The van der Waals surface area contributed by atoms with Crippen molar-refractivity contribution < 1.29 is 28.6 Å². The van der Waals surface area contributed by atoms with Crippen molar-refractivity contribution in [3.63, 3.8) is 0 Å². The number of rotatable bonds is 61. The Bertz CT molecular complexity index is 1240. The van der Waals surface area contributed by atoms with Gasteiger partial charge < -0.3 is 14.2 Å². The Morgan fingerprint density at radius 1 is 0.270 bits per heavy atom. The van der Waals surface area contributed by atoms with Gasteiger partial charge in [0.25, 0.3) is 0 Å². The van der Waals surface area contributed by atoms with Crippen LogP contribution in [0.15, 0.2) is 36.5 Å². The van der Waals surface area contributed by atoms with E-state index in [0.29, 0.717) is 19.3 Å². The van der Waals surface area contributed by atoms with Crippen LogP contribution in [0.1, 0.15) is 361 Å². The highest BCUT2D eigenvalue weighted by Crippen LogP contribution is 2.18. The molecule has 6 heteroatoms. The van der Waals surface area contributed by atoms with Crippen LogP contribution in [0.3, 0.4) is 0 Å². The highest BCUT2D eigenvalue weighted by Gasteiger charge is 2.19. The standard InChI is InChI=1S/C68H126O6/c1-4-7-10-13-16-19-22-25-28-30-31-32-33-34-35-36-37-38-41-43-46-49-52-55-58-61-67(70)73-64-65(63-72-66(69)60-57-54-51-48-45-42-39-27-24-21-18-15-12-9-6-3)74-68(71)62-59-56-53-50-47-44-40-29-26-23-20-17-14-11-8-5-2/h18,21,27,29,39-40,65H,4-17,19-20,22-26,28,30-38,41-64H2,1-3H3/b21-18-,39-27-,40-29-. The zero-order valence-electron chi connectivity index (χ0n) is 49.9. The van der Waals surface area contributed by atoms with Crippen molar-refractivity contribution in [2.45, 2.75) is 367 Å². The molecule has 0 bridgehead atoms. The summed E-state index contributed by atoms with van der Waals surface area (Å²) in [4.78, 5) is 38.3. The van der Waals surface area contributed by atoms with Gasteiger partial charge in [0, 0.05) is 19.3 Å². The fraction of sp³-hybridized carbons (Fsp3) is 0.868. The maximum Gasteiger partial charge on any atom is 0.306 e. The second-order valence-electron chi connectivity index (χ2n) is 22.4. The fourth-order valence-corrected chi connectivity index (χ4v) is 9.88. The summed E-state index contributed by atoms with van der Waals surface area (Å²) >= 11 is 0. The minimum Gasteiger partial charge on any atom is -0.462 e. The average molecular weight is 1040 g/mol. The molecule has 0 fully saturated rings. The lowest BCUT2D eigenvalue weighted by molar-refractivity contribution is -0.167. The summed E-state index contributed by atoms with van der Waals surface area (Å²) in [6.07, 6.45) is 77.3. The molecule has 0 N–H and O–H groups in total. The van der Waals surface area contributed by atoms with Crippen molar-refractivity contribution in [1.82, 2.24) is 0 Å². The molecule has 0 rings (SSSR count). The van der Waals surface area contributed by atoms with E-state index in [1.807, 2.05) is 0 Å². The third kappa shape index (κ3) is 60.5. The van der Waals surface area contributed by atoms with Gasteiger partial charge in [-0.15, -0.1) is 0 Å². The first kappa shape index (κ1) is 71.6. The van der Waals surface area contributed by atoms with Gasteiger partial charge in [0.2, 0.25) is 0 Å². The Kier molecular flexibility index (Phi) is 61.1. The smallest absolute Gasteiger partial charge is 0.306 e. The topological polar surface area (TPSA) is 78.9 Å². The first-order chi connectivity index (χ1) is 36.5. The number of hydrogen-bond acceptors (Lipinski definition) is 6. The van der Waals surface area contributed by atoms with E-state index in [1.54, 1.807) is 0 Å². The largest absolute Gasteiger partial charge is 0.462 e. The summed E-state index contributed by atoms with van der Waals surface area (Å²) in [6.45, 7) is 6.65. The maximum absolute atomic E-state index is 12.9. The lowest BCUT2D eigenvalue weighted by Gasteiger charge is -2.18. The number of unbranched alkanes of at least 4 members (excludes halogenated alkanes) is 44. The zero-order valence-corrected chi connectivity index (χ0v) is 49.9. The fourth-order valence-electron chi connectivity index (χ4n) is 9.88. The summed E-state index contributed by atoms with van der Waals surface area (Å²) < 4.78 is 16.9. The lowest BCUT2D eigenvalue weighted by Crippen LogP contribution is -2.30. The summed E-state index contributed by atoms with van der Waals surface area (Å²) in [5.74, 6) is -0.875. The van der Waals surface area contributed by atoms with Gasteiger partial charge in [-0.25, -0.2) is 0 Å². The summed E-state index contributed by atoms with van der Waals surface area (Å²) in [6, 6.07) is 0. The van der Waals surface area contributed by atoms with Crippen LogP contribution in [-0.4, -0.2) is 37.2 Å². The molecular weight excluding hydrogens is 913 g/mol. The SMILES string of the molecule is CCCCC/C=C\C/C=C\CCCCCCCC(=O)OCC(COC(=O)CCCCCCCCCCCCCCCCCCCCCCCCCCC)OC(=O)CCCCCCC/C=C\CCCCCCCCC. The quantitative estimate of drug-likeness (QED) is 0.0261. The summed E-state index contributed by atoms with van der Waals surface area (Å²) in [7, 11) is 0. The van der Waals surface area contributed by atoms with Crippen LogP contribution in [-0.2, 0) is 28.6 Å². The van der Waals surface area contributed by atoms with Gasteiger partial charge in [-0.05, 0) is 77.0 Å². The highest BCUT2D eigenvalue weighted by atomic mass is 16.6. The van der Waals surface area contributed by atoms with Crippen LogP contribution in [0.2, 0.25) is 0 Å². The molecule has 434 valence electrons. The van der Waals surface area contributed by atoms with Crippen molar-refractivity contribution in [3.8, 4) is 0 Å². The van der Waals surface area contributed by atoms with Crippen LogP contribution in [0, 0.1) is 0 Å². The molecule has 0 aliphatic carbocycles. The Morgan fingerprint density at radius 2 is 0.486 bits per heavy atom. The number of hydrogen-bond donors (Lipinski definition) is 0. The summed E-state index contributed by atoms with van der Waals surface area (Å²) in [5.41, 5.74) is 0. The molecule has 6 nitrogen and oxygen atoms in total. The third-order valence-corrected chi connectivity index (χ3v) is 14.9. The Morgan fingerprint density at radius 3 is 0.784 bits per heavy atom. The Balaban J connectivity index is 4.26. The monoisotopic (exact) mass is 1040 g/mol. The van der Waals surface area contributed by atoms with Crippen molar-refractivity contribution in [2.75, 3.05) is 13.2 Å². The van der Waals surface area contributed by atoms with Crippen molar-refractivity contribution in [1.29, 1.82) is 0 Å². The Labute approximate surface area is 461 Å². The van der Waals surface area contributed by atoms with Crippen molar-refractivity contribution in [2.24, 2.45) is 0 Å². The van der Waals surface area contributed by atoms with E-state index < -0.39 is 6.10 Å². The highest BCUT2D eigenvalue weighted by molar-refractivity contribution is 5.71. The molecule has 0 saturated carbocycles. The van der Waals surface area contributed by atoms with E-state index in [1.165, 1.54) is 238 Å². The average Bonchev–Trinajstić information content (AvgIpc) is 3.40. The van der Waals surface area contributed by atoms with Crippen molar-refractivity contribution in [3.05, 3.63) is 36.5 Å². The maximum atomic E-state index is 12.9. The third-order valence-electron chi connectivity index (χ3n) is 14.9. The van der Waals surface area contributed by atoms with Crippen LogP contribution >= 0.6 is 0 Å². The molecule has 0 amide bonds. The molecule has 1 unspecified atom stereocenters. The molecule has 74 heavy (non-hydrogen) atoms. The normalized spacial score (nSPS) is 12.2. The zero-order chi connectivity index (χ0) is 53.6.